The molecule has 4 heterocycles. The van der Waals surface area contributed by atoms with E-state index in [0.29, 0.717) is 11.5 Å². The lowest BCUT2D eigenvalue weighted by Crippen LogP contribution is -2.56. The molecule has 1 N–H and O–H groups in total. The van der Waals surface area contributed by atoms with Gasteiger partial charge in [0.05, 0.1) is 16.6 Å². The molecule has 2 aliphatic rings. The summed E-state index contributed by atoms with van der Waals surface area (Å²) in [6.07, 6.45) is 4.52. The molecule has 0 amide bonds. The van der Waals surface area contributed by atoms with Crippen molar-refractivity contribution in [1.29, 1.82) is 0 Å². The van der Waals surface area contributed by atoms with Crippen LogP contribution in [0.4, 0.5) is 0 Å². The second-order valence-electron chi connectivity index (χ2n) is 11.4. The molecule has 3 aromatic rings. The van der Waals surface area contributed by atoms with E-state index >= 15 is 0 Å². The van der Waals surface area contributed by atoms with E-state index in [1.54, 1.807) is 0 Å². The Morgan fingerprint density at radius 2 is 1.77 bits per heavy atom. The largest absolute Gasteiger partial charge is 0.382 e. The van der Waals surface area contributed by atoms with E-state index in [9.17, 15) is 0 Å². The summed E-state index contributed by atoms with van der Waals surface area (Å²) in [5, 5.41) is 5.63. The molecule has 5 heteroatoms. The average molecular weight is 409 g/mol. The predicted molar refractivity (Wildman–Crippen MR) is 123 cm³/mol. The third kappa shape index (κ3) is 3.27. The summed E-state index contributed by atoms with van der Waals surface area (Å²) in [7, 11) is 0. The van der Waals surface area contributed by atoms with Crippen molar-refractivity contribution in [3.63, 3.8) is 0 Å². The lowest BCUT2D eigenvalue weighted by atomic mass is 9.84. The number of aromatic nitrogens is 2. The zero-order valence-corrected chi connectivity index (χ0v) is 19.4. The molecule has 2 saturated heterocycles. The molecule has 0 atom stereocenters. The lowest BCUT2D eigenvalue weighted by molar-refractivity contribution is 0.0209. The minimum absolute atomic E-state index is 0.00611. The number of rotatable bonds is 2. The van der Waals surface area contributed by atoms with Gasteiger partial charge in [0, 0.05) is 60.7 Å². The van der Waals surface area contributed by atoms with Crippen LogP contribution in [-0.4, -0.2) is 57.7 Å². The molecule has 2 aliphatic heterocycles. The van der Waals surface area contributed by atoms with Crippen LogP contribution in [0, 0.1) is 0 Å². The fourth-order valence-electron chi connectivity index (χ4n) is 5.43. The molecule has 2 fully saturated rings. The third-order valence-corrected chi connectivity index (χ3v) is 7.32. The van der Waals surface area contributed by atoms with E-state index in [4.69, 9.17) is 9.51 Å². The Hall–Kier alpha value is -1.85. The van der Waals surface area contributed by atoms with Gasteiger partial charge in [-0.3, -0.25) is 14.8 Å². The summed E-state index contributed by atoms with van der Waals surface area (Å²) >= 11 is 0. The molecule has 0 aliphatic carbocycles. The monoisotopic (exact) mass is 408 g/mol. The van der Waals surface area contributed by atoms with Crippen LogP contribution in [0.5, 0.6) is 0 Å². The molecular formula is C25H36N4O. The molecule has 0 spiro atoms. The van der Waals surface area contributed by atoms with Crippen LogP contribution in [0.3, 0.4) is 0 Å². The van der Waals surface area contributed by atoms with Gasteiger partial charge in [-0.25, -0.2) is 5.16 Å². The summed E-state index contributed by atoms with van der Waals surface area (Å²) < 4.78 is 5.93. The zero-order valence-electron chi connectivity index (χ0n) is 19.4. The van der Waals surface area contributed by atoms with Crippen LogP contribution in [0.2, 0.25) is 0 Å². The fourth-order valence-corrected chi connectivity index (χ4v) is 5.43. The first-order valence-electron chi connectivity index (χ1n) is 11.5. The quantitative estimate of drug-likeness (QED) is 0.628. The van der Waals surface area contributed by atoms with Crippen LogP contribution in [0.15, 0.2) is 22.9 Å². The zero-order chi connectivity index (χ0) is 21.3. The van der Waals surface area contributed by atoms with E-state index < -0.39 is 0 Å². The molecule has 1 aromatic carbocycles. The van der Waals surface area contributed by atoms with Crippen LogP contribution >= 0.6 is 0 Å². The second kappa shape index (κ2) is 6.83. The lowest BCUT2D eigenvalue weighted by Gasteiger charge is -2.49. The molecule has 0 radical (unpaired) electrons. The van der Waals surface area contributed by atoms with Gasteiger partial charge >= 0.3 is 0 Å². The summed E-state index contributed by atoms with van der Waals surface area (Å²) in [6, 6.07) is 5.13. The summed E-state index contributed by atoms with van der Waals surface area (Å²) in [6.45, 7) is 18.4. The number of hydrogen-bond acceptors (Lipinski definition) is 4. The molecule has 0 saturated carbocycles. The molecule has 5 rings (SSSR count). The summed E-state index contributed by atoms with van der Waals surface area (Å²) in [5.74, 6) is 0.552. The van der Waals surface area contributed by atoms with Crippen LogP contribution < -0.4 is 0 Å². The first-order valence-corrected chi connectivity index (χ1v) is 11.5. The molecular weight excluding hydrogens is 372 g/mol. The van der Waals surface area contributed by atoms with Gasteiger partial charge in [0.1, 0.15) is 0 Å². The number of likely N-dealkylation sites (tertiary alicyclic amines) is 2. The minimum atomic E-state index is 0.00611. The third-order valence-electron chi connectivity index (χ3n) is 7.32. The highest BCUT2D eigenvalue weighted by Crippen LogP contribution is 2.41. The first kappa shape index (κ1) is 20.1. The van der Waals surface area contributed by atoms with Crippen LogP contribution in [0.1, 0.15) is 71.6 Å². The van der Waals surface area contributed by atoms with E-state index in [0.717, 1.165) is 35.9 Å². The highest BCUT2D eigenvalue weighted by molar-refractivity contribution is 6.07. The maximum absolute atomic E-state index is 5.93. The maximum Gasteiger partial charge on any atom is 0.165 e. The standard InChI is InChI=1S/C25H36N4O/c1-24(2,3)23-21-18-7-10-26-22(18)19(13-20(21)30-27-23)16-14-28(15-16)17-8-11-29(12-9-17)25(4,5)6/h7,10,13,16-17,27H,8-9,11-12,14-15H2,1-6H3. The Balaban J connectivity index is 1.36. The van der Waals surface area contributed by atoms with Gasteiger partial charge in [-0.1, -0.05) is 20.8 Å². The van der Waals surface area contributed by atoms with Gasteiger partial charge in [-0.05, 0) is 51.3 Å². The average Bonchev–Trinajstić information content (AvgIpc) is 3.26. The normalized spacial score (nSPS) is 21.0. The van der Waals surface area contributed by atoms with Gasteiger partial charge in [0.2, 0.25) is 0 Å². The Bertz CT molecular complexity index is 1050. The Labute approximate surface area is 179 Å². The van der Waals surface area contributed by atoms with Crippen LogP contribution in [0.25, 0.3) is 21.9 Å². The van der Waals surface area contributed by atoms with Crippen molar-refractivity contribution in [1.82, 2.24) is 19.9 Å². The molecule has 30 heavy (non-hydrogen) atoms. The predicted octanol–water partition coefficient (Wildman–Crippen LogP) is 5.27. The van der Waals surface area contributed by atoms with E-state index in [1.807, 2.05) is 6.20 Å². The number of piperidine rings is 1. The first-order chi connectivity index (χ1) is 14.1. The van der Waals surface area contributed by atoms with Gasteiger partial charge < -0.3 is 4.52 Å². The van der Waals surface area contributed by atoms with Crippen molar-refractivity contribution in [3.8, 4) is 0 Å². The number of H-pyrrole nitrogens is 1. The van der Waals surface area contributed by atoms with Crippen molar-refractivity contribution in [3.05, 3.63) is 29.6 Å². The molecule has 162 valence electrons. The number of benzene rings is 1. The van der Waals surface area contributed by atoms with Crippen molar-refractivity contribution in [2.45, 2.75) is 77.3 Å². The molecule has 5 nitrogen and oxygen atoms in total. The van der Waals surface area contributed by atoms with Gasteiger partial charge in [0.25, 0.3) is 0 Å². The smallest absolute Gasteiger partial charge is 0.165 e. The van der Waals surface area contributed by atoms with Crippen molar-refractivity contribution >= 4 is 21.9 Å². The summed E-state index contributed by atoms with van der Waals surface area (Å²) in [4.78, 5) is 10.1. The molecule has 0 bridgehead atoms. The number of nitrogens with one attached hydrogen (secondary N) is 1. The topological polar surface area (TPSA) is 48.3 Å². The fraction of sp³-hybridized carbons (Fsp3) is 0.640. The highest BCUT2D eigenvalue weighted by atomic mass is 16.5. The summed E-state index contributed by atoms with van der Waals surface area (Å²) in [5.41, 5.74) is 4.93. The number of fused-ring (bicyclic) bond motifs is 3. The van der Waals surface area contributed by atoms with Crippen molar-refractivity contribution < 1.29 is 4.52 Å². The highest BCUT2D eigenvalue weighted by Gasteiger charge is 2.38. The van der Waals surface area contributed by atoms with Crippen LogP contribution in [-0.2, 0) is 5.41 Å². The Kier molecular flexibility index (Phi) is 4.57. The SMILES string of the molecule is CC(C)(C)c1[nH]oc2cc(C3CN(C4CCN(C(C)(C)C)CC4)C3)c3nccc3c12. The van der Waals surface area contributed by atoms with E-state index in [2.05, 4.69) is 68.6 Å². The minimum Gasteiger partial charge on any atom is -0.382 e. The Morgan fingerprint density at radius 3 is 2.40 bits per heavy atom. The van der Waals surface area contributed by atoms with Gasteiger partial charge in [0.15, 0.2) is 5.58 Å². The van der Waals surface area contributed by atoms with E-state index in [1.165, 1.54) is 42.3 Å². The number of aromatic amines is 1. The number of hydrogen-bond donors (Lipinski definition) is 1. The van der Waals surface area contributed by atoms with Gasteiger partial charge in [-0.2, -0.15) is 0 Å². The number of nitrogens with zero attached hydrogens (tertiary/aromatic N) is 3. The molecule has 0 unspecified atom stereocenters. The van der Waals surface area contributed by atoms with E-state index in [-0.39, 0.29) is 5.41 Å². The Morgan fingerprint density at radius 1 is 1.07 bits per heavy atom. The maximum atomic E-state index is 5.93. The van der Waals surface area contributed by atoms with Crippen molar-refractivity contribution in [2.75, 3.05) is 26.2 Å². The van der Waals surface area contributed by atoms with Crippen molar-refractivity contribution in [2.24, 2.45) is 0 Å². The molecule has 2 aromatic heterocycles. The second-order valence-corrected chi connectivity index (χ2v) is 11.4. The van der Waals surface area contributed by atoms with Gasteiger partial charge in [-0.15, -0.1) is 0 Å².